The minimum absolute atomic E-state index is 0.126. The van der Waals surface area contributed by atoms with E-state index in [0.717, 1.165) is 31.2 Å². The highest BCUT2D eigenvalue weighted by Crippen LogP contribution is 2.22. The summed E-state index contributed by atoms with van der Waals surface area (Å²) in [5.41, 5.74) is 0.963. The Hall–Kier alpha value is -0.930. The first kappa shape index (κ1) is 12.5. The fourth-order valence-corrected chi connectivity index (χ4v) is 2.54. The van der Waals surface area contributed by atoms with Gasteiger partial charge < -0.3 is 10.4 Å². The highest BCUT2D eigenvalue weighted by molar-refractivity contribution is 5.19. The van der Waals surface area contributed by atoms with Crippen molar-refractivity contribution in [1.29, 1.82) is 0 Å². The zero-order valence-corrected chi connectivity index (χ0v) is 10.2. The molecule has 0 aliphatic heterocycles. The maximum absolute atomic E-state index is 13.1. The molecule has 0 saturated heterocycles. The number of aliphatic hydroxyl groups excluding tert-OH is 1. The molecule has 1 fully saturated rings. The number of rotatable bonds is 3. The lowest BCUT2D eigenvalue weighted by Gasteiger charge is -2.29. The Morgan fingerprint density at radius 2 is 2.24 bits per heavy atom. The van der Waals surface area contributed by atoms with Crippen LogP contribution in [0.5, 0.6) is 0 Å². The topological polar surface area (TPSA) is 32.3 Å². The summed E-state index contributed by atoms with van der Waals surface area (Å²) >= 11 is 0. The van der Waals surface area contributed by atoms with Gasteiger partial charge in [0.1, 0.15) is 5.82 Å². The average molecular weight is 237 g/mol. The third-order valence-electron chi connectivity index (χ3n) is 3.48. The molecule has 2 rings (SSSR count). The summed E-state index contributed by atoms with van der Waals surface area (Å²) in [7, 11) is 0. The number of aliphatic hydroxyl groups is 1. The number of hydrogen-bond donors (Lipinski definition) is 2. The van der Waals surface area contributed by atoms with Crippen molar-refractivity contribution in [3.63, 3.8) is 0 Å². The van der Waals surface area contributed by atoms with Gasteiger partial charge in [-0.05, 0) is 50.3 Å². The Morgan fingerprint density at radius 1 is 1.41 bits per heavy atom. The van der Waals surface area contributed by atoms with E-state index in [0.29, 0.717) is 6.04 Å². The van der Waals surface area contributed by atoms with E-state index < -0.39 is 0 Å². The summed E-state index contributed by atoms with van der Waals surface area (Å²) in [5.74, 6) is -0.195. The second-order valence-electron chi connectivity index (χ2n) is 4.96. The largest absolute Gasteiger partial charge is 0.393 e. The second-order valence-corrected chi connectivity index (χ2v) is 4.96. The third kappa shape index (κ3) is 3.51. The highest BCUT2D eigenvalue weighted by atomic mass is 19.1. The third-order valence-corrected chi connectivity index (χ3v) is 3.48. The van der Waals surface area contributed by atoms with Crippen LogP contribution in [0.15, 0.2) is 24.3 Å². The Balaban J connectivity index is 1.94. The first-order valence-corrected chi connectivity index (χ1v) is 6.34. The van der Waals surface area contributed by atoms with Crippen LogP contribution in [0, 0.1) is 5.82 Å². The molecule has 1 aromatic rings. The molecular formula is C14H20FNO. The van der Waals surface area contributed by atoms with Crippen LogP contribution < -0.4 is 5.32 Å². The van der Waals surface area contributed by atoms with Crippen LogP contribution in [0.1, 0.15) is 44.2 Å². The smallest absolute Gasteiger partial charge is 0.123 e. The fourth-order valence-electron chi connectivity index (χ4n) is 2.54. The first-order chi connectivity index (χ1) is 8.15. The molecule has 94 valence electrons. The predicted molar refractivity (Wildman–Crippen MR) is 66.2 cm³/mol. The maximum Gasteiger partial charge on any atom is 0.123 e. The van der Waals surface area contributed by atoms with E-state index in [1.54, 1.807) is 12.1 Å². The molecule has 3 heteroatoms. The van der Waals surface area contributed by atoms with E-state index >= 15 is 0 Å². The van der Waals surface area contributed by atoms with Crippen LogP contribution in [0.4, 0.5) is 4.39 Å². The summed E-state index contributed by atoms with van der Waals surface area (Å²) in [6.45, 7) is 2.04. The van der Waals surface area contributed by atoms with Crippen LogP contribution in [0.25, 0.3) is 0 Å². The molecule has 2 N–H and O–H groups in total. The number of nitrogens with one attached hydrogen (secondary N) is 1. The van der Waals surface area contributed by atoms with Crippen molar-refractivity contribution >= 4 is 0 Å². The van der Waals surface area contributed by atoms with Gasteiger partial charge in [-0.25, -0.2) is 4.39 Å². The quantitative estimate of drug-likeness (QED) is 0.847. The molecular weight excluding hydrogens is 217 g/mol. The minimum atomic E-state index is -0.195. The van der Waals surface area contributed by atoms with Gasteiger partial charge in [-0.15, -0.1) is 0 Å². The summed E-state index contributed by atoms with van der Waals surface area (Å²) in [5, 5.41) is 13.1. The Kier molecular flexibility index (Phi) is 4.13. The highest BCUT2D eigenvalue weighted by Gasteiger charge is 2.21. The van der Waals surface area contributed by atoms with Crippen molar-refractivity contribution in [3.8, 4) is 0 Å². The van der Waals surface area contributed by atoms with Gasteiger partial charge in [0.15, 0.2) is 0 Å². The molecule has 1 aliphatic rings. The zero-order chi connectivity index (χ0) is 12.3. The van der Waals surface area contributed by atoms with Gasteiger partial charge in [0.05, 0.1) is 6.10 Å². The van der Waals surface area contributed by atoms with Crippen molar-refractivity contribution < 1.29 is 9.50 Å². The molecule has 0 aromatic heterocycles. The number of benzene rings is 1. The molecule has 2 nitrogen and oxygen atoms in total. The van der Waals surface area contributed by atoms with Gasteiger partial charge in [0, 0.05) is 12.1 Å². The van der Waals surface area contributed by atoms with Gasteiger partial charge >= 0.3 is 0 Å². The summed E-state index contributed by atoms with van der Waals surface area (Å²) in [6, 6.07) is 7.16. The molecule has 17 heavy (non-hydrogen) atoms. The van der Waals surface area contributed by atoms with Crippen LogP contribution in [-0.2, 0) is 0 Å². The monoisotopic (exact) mass is 237 g/mol. The summed E-state index contributed by atoms with van der Waals surface area (Å²) < 4.78 is 13.1. The van der Waals surface area contributed by atoms with E-state index in [-0.39, 0.29) is 18.0 Å². The minimum Gasteiger partial charge on any atom is -0.393 e. The number of halogens is 1. The van der Waals surface area contributed by atoms with Crippen LogP contribution in [-0.4, -0.2) is 17.3 Å². The standard InChI is InChI=1S/C14H20FNO/c1-10(11-4-2-5-12(15)8-11)16-13-6-3-7-14(17)9-13/h2,4-5,8,10,13-14,16-17H,3,6-7,9H2,1H3. The van der Waals surface area contributed by atoms with Crippen molar-refractivity contribution in [2.45, 2.75) is 50.8 Å². The van der Waals surface area contributed by atoms with Crippen molar-refractivity contribution in [3.05, 3.63) is 35.6 Å². The van der Waals surface area contributed by atoms with Gasteiger partial charge in [0.25, 0.3) is 0 Å². The Morgan fingerprint density at radius 3 is 2.94 bits per heavy atom. The molecule has 0 amide bonds. The van der Waals surface area contributed by atoms with Gasteiger partial charge in [-0.2, -0.15) is 0 Å². The molecule has 1 saturated carbocycles. The molecule has 0 bridgehead atoms. The Bertz CT molecular complexity index is 369. The second kappa shape index (κ2) is 5.61. The molecule has 3 atom stereocenters. The van der Waals surface area contributed by atoms with Gasteiger partial charge in [-0.3, -0.25) is 0 Å². The lowest BCUT2D eigenvalue weighted by Crippen LogP contribution is -2.37. The molecule has 3 unspecified atom stereocenters. The van der Waals surface area contributed by atoms with E-state index in [2.05, 4.69) is 5.32 Å². The predicted octanol–water partition coefficient (Wildman–Crippen LogP) is 2.78. The lowest BCUT2D eigenvalue weighted by atomic mass is 9.92. The maximum atomic E-state index is 13.1. The summed E-state index contributed by atoms with van der Waals surface area (Å²) in [6.07, 6.45) is 3.69. The SMILES string of the molecule is CC(NC1CCCC(O)C1)c1cccc(F)c1. The summed E-state index contributed by atoms with van der Waals surface area (Å²) in [4.78, 5) is 0. The van der Waals surface area contributed by atoms with Gasteiger partial charge in [-0.1, -0.05) is 12.1 Å². The zero-order valence-electron chi connectivity index (χ0n) is 10.2. The van der Waals surface area contributed by atoms with Crippen LogP contribution >= 0.6 is 0 Å². The molecule has 0 heterocycles. The molecule has 1 aliphatic carbocycles. The normalized spacial score (nSPS) is 26.8. The Labute approximate surface area is 102 Å². The average Bonchev–Trinajstić information content (AvgIpc) is 2.29. The van der Waals surface area contributed by atoms with Crippen molar-refractivity contribution in [1.82, 2.24) is 5.32 Å². The van der Waals surface area contributed by atoms with Crippen LogP contribution in [0.2, 0.25) is 0 Å². The van der Waals surface area contributed by atoms with Gasteiger partial charge in [0.2, 0.25) is 0 Å². The number of hydrogen-bond acceptors (Lipinski definition) is 2. The van der Waals surface area contributed by atoms with Crippen molar-refractivity contribution in [2.75, 3.05) is 0 Å². The van der Waals surface area contributed by atoms with E-state index in [4.69, 9.17) is 0 Å². The molecule has 0 spiro atoms. The lowest BCUT2D eigenvalue weighted by molar-refractivity contribution is 0.109. The fraction of sp³-hybridized carbons (Fsp3) is 0.571. The van der Waals surface area contributed by atoms with Crippen molar-refractivity contribution in [2.24, 2.45) is 0 Å². The van der Waals surface area contributed by atoms with E-state index in [9.17, 15) is 9.50 Å². The van der Waals surface area contributed by atoms with E-state index in [1.165, 1.54) is 6.07 Å². The first-order valence-electron chi connectivity index (χ1n) is 6.34. The van der Waals surface area contributed by atoms with Crippen LogP contribution in [0.3, 0.4) is 0 Å². The molecule has 0 radical (unpaired) electrons. The molecule has 1 aromatic carbocycles. The van der Waals surface area contributed by atoms with E-state index in [1.807, 2.05) is 13.0 Å².